The number of aromatic nitrogens is 2. The molecule has 3 unspecified atom stereocenters. The summed E-state index contributed by atoms with van der Waals surface area (Å²) >= 11 is 6.45. The summed E-state index contributed by atoms with van der Waals surface area (Å²) in [6.45, 7) is 7.82. The van der Waals surface area contributed by atoms with Gasteiger partial charge in [0.05, 0.1) is 12.2 Å². The van der Waals surface area contributed by atoms with Crippen molar-refractivity contribution in [1.82, 2.24) is 14.7 Å². The lowest BCUT2D eigenvalue weighted by atomic mass is 9.99. The Morgan fingerprint density at radius 1 is 1.00 bits per heavy atom. The number of piperazine rings is 1. The SMILES string of the molecule is Cc1cnn(C2CCCN(c3cc(Cl)ccc3-c3ccc(N4CCN(CC5CC5F)CC4)cc3)C2)c1C(F)F. The van der Waals surface area contributed by atoms with E-state index in [1.807, 2.05) is 18.2 Å². The molecule has 1 aromatic heterocycles. The molecule has 9 heteroatoms. The van der Waals surface area contributed by atoms with Crippen LogP contribution in [0.5, 0.6) is 0 Å². The summed E-state index contributed by atoms with van der Waals surface area (Å²) in [4.78, 5) is 7.04. The van der Waals surface area contributed by atoms with Crippen molar-refractivity contribution in [2.24, 2.45) is 5.92 Å². The van der Waals surface area contributed by atoms with E-state index in [1.54, 1.807) is 13.1 Å². The summed E-state index contributed by atoms with van der Waals surface area (Å²) in [5.41, 5.74) is 4.93. The third-order valence-corrected chi connectivity index (χ3v) is 8.76. The molecule has 5 nitrogen and oxygen atoms in total. The number of benzene rings is 2. The van der Waals surface area contributed by atoms with Crippen molar-refractivity contribution >= 4 is 23.0 Å². The molecule has 2 aromatic carbocycles. The average Bonchev–Trinajstić information content (AvgIpc) is 3.49. The zero-order valence-corrected chi connectivity index (χ0v) is 23.0. The predicted molar refractivity (Wildman–Crippen MR) is 151 cm³/mol. The highest BCUT2D eigenvalue weighted by Crippen LogP contribution is 2.38. The van der Waals surface area contributed by atoms with E-state index in [0.29, 0.717) is 17.1 Å². The third kappa shape index (κ3) is 5.64. The number of rotatable bonds is 7. The lowest BCUT2D eigenvalue weighted by molar-refractivity contribution is 0.133. The molecule has 2 aliphatic heterocycles. The zero-order valence-electron chi connectivity index (χ0n) is 22.2. The van der Waals surface area contributed by atoms with E-state index in [0.717, 1.165) is 75.3 Å². The molecule has 1 aliphatic carbocycles. The van der Waals surface area contributed by atoms with Crippen LogP contribution in [0.15, 0.2) is 48.7 Å². The number of nitrogens with zero attached hydrogens (tertiary/aromatic N) is 5. The lowest BCUT2D eigenvalue weighted by Gasteiger charge is -2.37. The Morgan fingerprint density at radius 2 is 1.74 bits per heavy atom. The Bertz CT molecular complexity index is 1290. The molecule has 3 atom stereocenters. The van der Waals surface area contributed by atoms with Gasteiger partial charge >= 0.3 is 0 Å². The second-order valence-corrected chi connectivity index (χ2v) is 11.6. The Morgan fingerprint density at radius 3 is 2.44 bits per heavy atom. The lowest BCUT2D eigenvalue weighted by Crippen LogP contribution is -2.47. The molecule has 3 aromatic rings. The van der Waals surface area contributed by atoms with Crippen molar-refractivity contribution < 1.29 is 13.2 Å². The summed E-state index contributed by atoms with van der Waals surface area (Å²) in [5.74, 6) is 0.245. The molecule has 3 aliphatic rings. The molecule has 2 saturated heterocycles. The van der Waals surface area contributed by atoms with E-state index in [2.05, 4.69) is 44.1 Å². The van der Waals surface area contributed by atoms with Crippen LogP contribution in [0.2, 0.25) is 5.02 Å². The van der Waals surface area contributed by atoms with Crippen LogP contribution < -0.4 is 9.80 Å². The van der Waals surface area contributed by atoms with Crippen LogP contribution in [0, 0.1) is 12.8 Å². The van der Waals surface area contributed by atoms with Crippen LogP contribution in [0.3, 0.4) is 0 Å². The fourth-order valence-electron chi connectivity index (χ4n) is 6.18. The van der Waals surface area contributed by atoms with Crippen molar-refractivity contribution in [3.8, 4) is 11.1 Å². The Labute approximate surface area is 233 Å². The number of piperidine rings is 1. The second kappa shape index (κ2) is 11.0. The van der Waals surface area contributed by atoms with Gasteiger partial charge in [0.1, 0.15) is 11.9 Å². The highest BCUT2D eigenvalue weighted by Gasteiger charge is 2.38. The topological polar surface area (TPSA) is 27.5 Å². The van der Waals surface area contributed by atoms with E-state index >= 15 is 0 Å². The number of aryl methyl sites for hydroxylation is 1. The average molecular weight is 558 g/mol. The van der Waals surface area contributed by atoms with Crippen LogP contribution in [0.25, 0.3) is 11.1 Å². The van der Waals surface area contributed by atoms with Crippen molar-refractivity contribution in [1.29, 1.82) is 0 Å². The Balaban J connectivity index is 1.18. The highest BCUT2D eigenvalue weighted by molar-refractivity contribution is 6.31. The van der Waals surface area contributed by atoms with E-state index in [9.17, 15) is 13.2 Å². The molecule has 0 amide bonds. The zero-order chi connectivity index (χ0) is 27.1. The summed E-state index contributed by atoms with van der Waals surface area (Å²) in [5, 5.41) is 4.98. The first kappa shape index (κ1) is 26.5. The smallest absolute Gasteiger partial charge is 0.280 e. The normalized spacial score (nSPS) is 24.0. The van der Waals surface area contributed by atoms with E-state index < -0.39 is 12.6 Å². The van der Waals surface area contributed by atoms with E-state index in [4.69, 9.17) is 11.6 Å². The maximum atomic E-state index is 13.8. The maximum Gasteiger partial charge on any atom is 0.280 e. The first-order valence-electron chi connectivity index (χ1n) is 14.0. The van der Waals surface area contributed by atoms with Crippen molar-refractivity contribution in [3.63, 3.8) is 0 Å². The number of hydrogen-bond donors (Lipinski definition) is 0. The fourth-order valence-corrected chi connectivity index (χ4v) is 6.34. The summed E-state index contributed by atoms with van der Waals surface area (Å²) in [7, 11) is 0. The van der Waals surface area contributed by atoms with Gasteiger partial charge in [-0.15, -0.1) is 0 Å². The number of hydrogen-bond acceptors (Lipinski definition) is 4. The van der Waals surface area contributed by atoms with E-state index in [1.165, 1.54) is 10.4 Å². The van der Waals surface area contributed by atoms with Gasteiger partial charge in [0.2, 0.25) is 0 Å². The minimum atomic E-state index is -2.55. The van der Waals surface area contributed by atoms with Crippen LogP contribution in [0.1, 0.15) is 43.0 Å². The van der Waals surface area contributed by atoms with Crippen LogP contribution >= 0.6 is 11.6 Å². The molecule has 0 N–H and O–H groups in total. The fraction of sp³-hybridized carbons (Fsp3) is 0.500. The molecule has 208 valence electrons. The Hall–Kier alpha value is -2.71. The van der Waals surface area contributed by atoms with Gasteiger partial charge in [-0.05, 0) is 61.6 Å². The molecule has 1 saturated carbocycles. The van der Waals surface area contributed by atoms with Gasteiger partial charge in [0, 0.05) is 73.7 Å². The molecule has 0 radical (unpaired) electrons. The van der Waals surface area contributed by atoms with Crippen molar-refractivity contribution in [3.05, 3.63) is 64.9 Å². The molecule has 3 heterocycles. The number of halogens is 4. The molecule has 3 fully saturated rings. The van der Waals surface area contributed by atoms with Crippen molar-refractivity contribution in [2.45, 2.75) is 44.8 Å². The van der Waals surface area contributed by atoms with E-state index in [-0.39, 0.29) is 17.7 Å². The van der Waals surface area contributed by atoms with Crippen LogP contribution in [-0.2, 0) is 0 Å². The van der Waals surface area contributed by atoms with Crippen LogP contribution in [-0.4, -0.2) is 66.7 Å². The number of alkyl halides is 3. The Kier molecular flexibility index (Phi) is 7.51. The first-order chi connectivity index (χ1) is 18.9. The monoisotopic (exact) mass is 557 g/mol. The highest BCUT2D eigenvalue weighted by atomic mass is 35.5. The minimum Gasteiger partial charge on any atom is -0.369 e. The van der Waals surface area contributed by atoms with Gasteiger partial charge in [0.15, 0.2) is 0 Å². The standard InChI is InChI=1S/C30H35ClF3N5/c1-20-17-35-39(29(20)30(33)34)25-3-2-10-38(19-25)28-16-23(31)6-9-26(28)21-4-7-24(8-5-21)37-13-11-36(12-14-37)18-22-15-27(22)32/h4-9,16-17,22,25,27,30H,2-3,10-15,18-19H2,1H3. The van der Waals surface area contributed by atoms with Gasteiger partial charge in [-0.3, -0.25) is 9.58 Å². The largest absolute Gasteiger partial charge is 0.369 e. The summed E-state index contributed by atoms with van der Waals surface area (Å²) < 4.78 is 42.4. The number of anilines is 2. The van der Waals surface area contributed by atoms with Gasteiger partial charge in [-0.25, -0.2) is 13.2 Å². The summed E-state index contributed by atoms with van der Waals surface area (Å²) in [6, 6.07) is 14.5. The minimum absolute atomic E-state index is 0.0173. The summed E-state index contributed by atoms with van der Waals surface area (Å²) in [6.07, 6.45) is 0.825. The van der Waals surface area contributed by atoms with Crippen molar-refractivity contribution in [2.75, 3.05) is 55.6 Å². The molecule has 0 bridgehead atoms. The first-order valence-corrected chi connectivity index (χ1v) is 14.3. The molecule has 6 rings (SSSR count). The second-order valence-electron chi connectivity index (χ2n) is 11.2. The van der Waals surface area contributed by atoms with Gasteiger partial charge in [0.25, 0.3) is 6.43 Å². The quantitative estimate of drug-likeness (QED) is 0.320. The van der Waals surface area contributed by atoms with Crippen LogP contribution in [0.4, 0.5) is 24.5 Å². The van der Waals surface area contributed by atoms with Gasteiger partial charge in [-0.1, -0.05) is 29.8 Å². The predicted octanol–water partition coefficient (Wildman–Crippen LogP) is 6.77. The molecular formula is C30H35ClF3N5. The third-order valence-electron chi connectivity index (χ3n) is 8.52. The maximum absolute atomic E-state index is 13.8. The van der Waals surface area contributed by atoms with Gasteiger partial charge < -0.3 is 9.80 Å². The molecule has 0 spiro atoms. The van der Waals surface area contributed by atoms with Gasteiger partial charge in [-0.2, -0.15) is 5.10 Å². The molecule has 39 heavy (non-hydrogen) atoms. The molecular weight excluding hydrogens is 523 g/mol.